The number of para-hydroxylation sites is 2. The van der Waals surface area contributed by atoms with Crippen LogP contribution < -0.4 is 14.8 Å². The molecule has 1 aliphatic heterocycles. The van der Waals surface area contributed by atoms with Gasteiger partial charge in [0.25, 0.3) is 5.91 Å². The second-order valence-electron chi connectivity index (χ2n) is 5.69. The number of aryl methyl sites for hydroxylation is 1. The number of anilines is 1. The van der Waals surface area contributed by atoms with Crippen LogP contribution in [0.5, 0.6) is 11.5 Å². The third-order valence-corrected chi connectivity index (χ3v) is 4.33. The van der Waals surface area contributed by atoms with Gasteiger partial charge < -0.3 is 19.5 Å². The normalized spacial score (nSPS) is 14.7. The van der Waals surface area contributed by atoms with Crippen LogP contribution >= 0.6 is 11.8 Å². The van der Waals surface area contributed by atoms with E-state index in [4.69, 9.17) is 19.5 Å². The zero-order valence-corrected chi connectivity index (χ0v) is 15.2. The van der Waals surface area contributed by atoms with E-state index in [9.17, 15) is 9.59 Å². The second kappa shape index (κ2) is 8.47. The first kappa shape index (κ1) is 18.6. The van der Waals surface area contributed by atoms with Crippen LogP contribution in [0.4, 0.5) is 5.69 Å². The highest BCUT2D eigenvalue weighted by molar-refractivity contribution is 8.03. The van der Waals surface area contributed by atoms with Crippen molar-refractivity contribution in [2.24, 2.45) is 0 Å². The zero-order chi connectivity index (χ0) is 19.2. The highest BCUT2D eigenvalue weighted by atomic mass is 32.2. The summed E-state index contributed by atoms with van der Waals surface area (Å²) in [5.41, 5.74) is 1.39. The summed E-state index contributed by atoms with van der Waals surface area (Å²) in [6.07, 6.45) is -0.920. The average molecular weight is 384 g/mol. The smallest absolute Gasteiger partial charge is 0.351 e. The number of hydrogen-bond acceptors (Lipinski definition) is 7. The zero-order valence-electron chi connectivity index (χ0n) is 14.4. The topological polar surface area (TPSA) is 97.7 Å². The molecule has 0 unspecified atom stereocenters. The maximum absolute atomic E-state index is 12.1. The highest BCUT2D eigenvalue weighted by Crippen LogP contribution is 2.31. The number of nitriles is 1. The molecule has 0 radical (unpaired) electrons. The molecule has 2 aromatic carbocycles. The summed E-state index contributed by atoms with van der Waals surface area (Å²) in [5.74, 6) is -0.115. The second-order valence-corrected chi connectivity index (χ2v) is 6.55. The fourth-order valence-corrected chi connectivity index (χ4v) is 2.92. The maximum Gasteiger partial charge on any atom is 0.351 e. The van der Waals surface area contributed by atoms with Crippen LogP contribution in [0.25, 0.3) is 0 Å². The SMILES string of the molecule is Cc1cc(SC#N)ccc1NC(=O)COC(=O)[C@H]1COc2ccccc2O1. The fourth-order valence-electron chi connectivity index (χ4n) is 2.44. The molecule has 1 atom stereocenters. The van der Waals surface area contributed by atoms with Gasteiger partial charge in [-0.2, -0.15) is 5.26 Å². The van der Waals surface area contributed by atoms with Gasteiger partial charge in [-0.15, -0.1) is 0 Å². The van der Waals surface area contributed by atoms with Gasteiger partial charge in [-0.3, -0.25) is 4.79 Å². The van der Waals surface area contributed by atoms with E-state index in [1.807, 2.05) is 12.3 Å². The van der Waals surface area contributed by atoms with Crippen LogP contribution in [0.2, 0.25) is 0 Å². The van der Waals surface area contributed by atoms with Crippen LogP contribution in [0.3, 0.4) is 0 Å². The summed E-state index contributed by atoms with van der Waals surface area (Å²) < 4.78 is 16.0. The summed E-state index contributed by atoms with van der Waals surface area (Å²) in [6, 6.07) is 12.2. The van der Waals surface area contributed by atoms with Crippen molar-refractivity contribution < 1.29 is 23.8 Å². The Morgan fingerprint density at radius 2 is 2.07 bits per heavy atom. The molecule has 1 amide bonds. The Bertz CT molecular complexity index is 909. The lowest BCUT2D eigenvalue weighted by atomic mass is 10.2. The number of thioether (sulfide) groups is 1. The van der Waals surface area contributed by atoms with E-state index in [-0.39, 0.29) is 6.61 Å². The molecule has 0 saturated heterocycles. The number of rotatable bonds is 5. The molecular weight excluding hydrogens is 368 g/mol. The van der Waals surface area contributed by atoms with E-state index in [0.29, 0.717) is 17.2 Å². The molecule has 0 fully saturated rings. The van der Waals surface area contributed by atoms with Gasteiger partial charge in [0.2, 0.25) is 6.10 Å². The van der Waals surface area contributed by atoms with Gasteiger partial charge in [0, 0.05) is 10.6 Å². The van der Waals surface area contributed by atoms with Crippen molar-refractivity contribution in [2.45, 2.75) is 17.9 Å². The van der Waals surface area contributed by atoms with Crippen molar-refractivity contribution in [3.05, 3.63) is 48.0 Å². The lowest BCUT2D eigenvalue weighted by Gasteiger charge is -2.24. The molecule has 27 heavy (non-hydrogen) atoms. The first-order chi connectivity index (χ1) is 13.1. The maximum atomic E-state index is 12.1. The van der Waals surface area contributed by atoms with Crippen LogP contribution in [0, 0.1) is 17.6 Å². The number of carbonyl (C=O) groups is 2. The third kappa shape index (κ3) is 4.71. The number of fused-ring (bicyclic) bond motifs is 1. The van der Waals surface area contributed by atoms with Crippen molar-refractivity contribution in [2.75, 3.05) is 18.5 Å². The van der Waals surface area contributed by atoms with E-state index >= 15 is 0 Å². The first-order valence-corrected chi connectivity index (χ1v) is 8.90. The van der Waals surface area contributed by atoms with Crippen LogP contribution in [-0.4, -0.2) is 31.2 Å². The highest BCUT2D eigenvalue weighted by Gasteiger charge is 2.29. The largest absolute Gasteiger partial charge is 0.485 e. The lowest BCUT2D eigenvalue weighted by molar-refractivity contribution is -0.156. The molecule has 0 aromatic heterocycles. The standard InChI is InChI=1S/C19H16N2O5S/c1-12-8-13(27-11-20)6-7-14(12)21-18(22)10-25-19(23)17-9-24-15-4-2-3-5-16(15)26-17/h2-8,17H,9-10H2,1H3,(H,21,22)/t17-/m1/s1. The molecule has 8 heteroatoms. The predicted molar refractivity (Wildman–Crippen MR) is 98.6 cm³/mol. The summed E-state index contributed by atoms with van der Waals surface area (Å²) >= 11 is 1.04. The van der Waals surface area contributed by atoms with E-state index in [0.717, 1.165) is 22.2 Å². The summed E-state index contributed by atoms with van der Waals surface area (Å²) in [5, 5.41) is 13.3. The molecule has 2 aromatic rings. The van der Waals surface area contributed by atoms with Crippen molar-refractivity contribution in [3.8, 4) is 16.9 Å². The third-order valence-electron chi connectivity index (χ3n) is 3.75. The Morgan fingerprint density at radius 1 is 1.30 bits per heavy atom. The lowest BCUT2D eigenvalue weighted by Crippen LogP contribution is -2.39. The van der Waals surface area contributed by atoms with E-state index in [1.165, 1.54) is 0 Å². The van der Waals surface area contributed by atoms with E-state index in [2.05, 4.69) is 5.32 Å². The summed E-state index contributed by atoms with van der Waals surface area (Å²) in [6.45, 7) is 1.40. The monoisotopic (exact) mass is 384 g/mol. The number of ether oxygens (including phenoxy) is 3. The number of hydrogen-bond donors (Lipinski definition) is 1. The van der Waals surface area contributed by atoms with E-state index < -0.39 is 24.6 Å². The molecule has 7 nitrogen and oxygen atoms in total. The number of nitrogens with zero attached hydrogens (tertiary/aromatic N) is 1. The summed E-state index contributed by atoms with van der Waals surface area (Å²) in [4.78, 5) is 24.9. The van der Waals surface area contributed by atoms with Gasteiger partial charge in [-0.05, 0) is 54.6 Å². The molecule has 0 aliphatic carbocycles. The number of esters is 1. The van der Waals surface area contributed by atoms with Crippen molar-refractivity contribution in [1.82, 2.24) is 0 Å². The number of thiocyanates is 1. The molecule has 3 rings (SSSR count). The minimum Gasteiger partial charge on any atom is -0.485 e. The molecule has 0 spiro atoms. The molecular formula is C19H16N2O5S. The van der Waals surface area contributed by atoms with Gasteiger partial charge in [0.15, 0.2) is 18.1 Å². The number of amides is 1. The minimum atomic E-state index is -0.920. The Balaban J connectivity index is 1.51. The van der Waals surface area contributed by atoms with Gasteiger partial charge in [-0.25, -0.2) is 4.79 Å². The van der Waals surface area contributed by atoms with Crippen LogP contribution in [0.1, 0.15) is 5.56 Å². The molecule has 0 bridgehead atoms. The van der Waals surface area contributed by atoms with Crippen molar-refractivity contribution in [1.29, 1.82) is 5.26 Å². The first-order valence-electron chi connectivity index (χ1n) is 8.08. The molecule has 1 heterocycles. The Hall–Kier alpha value is -3.18. The minimum absolute atomic E-state index is 0.0224. The predicted octanol–water partition coefficient (Wildman–Crippen LogP) is 2.89. The molecule has 1 aliphatic rings. The van der Waals surface area contributed by atoms with Gasteiger partial charge in [0.1, 0.15) is 12.0 Å². The van der Waals surface area contributed by atoms with Gasteiger partial charge >= 0.3 is 5.97 Å². The van der Waals surface area contributed by atoms with Crippen LogP contribution in [-0.2, 0) is 14.3 Å². The average Bonchev–Trinajstić information content (AvgIpc) is 2.68. The summed E-state index contributed by atoms with van der Waals surface area (Å²) in [7, 11) is 0. The fraction of sp³-hybridized carbons (Fsp3) is 0.211. The van der Waals surface area contributed by atoms with Crippen molar-refractivity contribution in [3.63, 3.8) is 0 Å². The Kier molecular flexibility index (Phi) is 5.84. The number of benzene rings is 2. The quantitative estimate of drug-likeness (QED) is 0.481. The van der Waals surface area contributed by atoms with Crippen LogP contribution in [0.15, 0.2) is 47.4 Å². The molecule has 0 saturated carbocycles. The number of carbonyl (C=O) groups excluding carboxylic acids is 2. The van der Waals surface area contributed by atoms with Gasteiger partial charge in [-0.1, -0.05) is 12.1 Å². The Labute approximate surface area is 160 Å². The Morgan fingerprint density at radius 3 is 2.81 bits per heavy atom. The van der Waals surface area contributed by atoms with Gasteiger partial charge in [0.05, 0.1) is 0 Å². The number of nitrogens with one attached hydrogen (secondary N) is 1. The molecule has 138 valence electrons. The molecule has 1 N–H and O–H groups in total. The van der Waals surface area contributed by atoms with E-state index in [1.54, 1.807) is 42.5 Å². The van der Waals surface area contributed by atoms with Crippen molar-refractivity contribution >= 4 is 29.3 Å².